The number of carbonyl (C=O) groups excluding carboxylic acids is 2. The predicted octanol–water partition coefficient (Wildman–Crippen LogP) is 4.40. The molecule has 2 aromatic carbocycles. The van der Waals surface area contributed by atoms with Crippen LogP contribution in [0, 0.1) is 0 Å². The molecule has 1 aliphatic carbocycles. The lowest BCUT2D eigenvalue weighted by Crippen LogP contribution is -2.47. The molecule has 226 valence electrons. The molecule has 2 atom stereocenters. The number of fused-ring (bicyclic) bond motifs is 1. The molecular formula is C32H34F3N5O3. The van der Waals surface area contributed by atoms with E-state index in [-0.39, 0.29) is 30.1 Å². The quantitative estimate of drug-likeness (QED) is 0.440. The molecule has 2 unspecified atom stereocenters. The van der Waals surface area contributed by atoms with Crippen LogP contribution < -0.4 is 5.32 Å². The number of nitrogens with zero attached hydrogens (tertiary/aromatic N) is 4. The number of carbonyl (C=O) groups is 2. The van der Waals surface area contributed by atoms with Crippen LogP contribution in [-0.4, -0.2) is 74.4 Å². The summed E-state index contributed by atoms with van der Waals surface area (Å²) in [4.78, 5) is 38.4. The van der Waals surface area contributed by atoms with E-state index in [9.17, 15) is 27.9 Å². The normalized spacial score (nSPS) is 25.9. The summed E-state index contributed by atoms with van der Waals surface area (Å²) in [6.07, 6.45) is 3.53. The van der Waals surface area contributed by atoms with Gasteiger partial charge in [0.25, 0.3) is 5.91 Å². The van der Waals surface area contributed by atoms with E-state index in [1.165, 1.54) is 12.1 Å². The van der Waals surface area contributed by atoms with Gasteiger partial charge < -0.3 is 15.3 Å². The molecule has 3 heterocycles. The molecule has 1 aromatic heterocycles. The first kappa shape index (κ1) is 29.3. The molecule has 2 saturated heterocycles. The van der Waals surface area contributed by atoms with Gasteiger partial charge in [0, 0.05) is 54.7 Å². The topological polar surface area (TPSA) is 98.7 Å². The molecule has 11 heteroatoms. The van der Waals surface area contributed by atoms with E-state index in [2.05, 4.69) is 20.2 Å². The van der Waals surface area contributed by atoms with Crippen molar-refractivity contribution in [3.8, 4) is 11.4 Å². The van der Waals surface area contributed by atoms with Gasteiger partial charge in [-0.2, -0.15) is 13.2 Å². The highest BCUT2D eigenvalue weighted by Crippen LogP contribution is 2.42. The number of hydrogen-bond acceptors (Lipinski definition) is 6. The Morgan fingerprint density at radius 2 is 1.63 bits per heavy atom. The maximum absolute atomic E-state index is 13.1. The van der Waals surface area contributed by atoms with E-state index in [1.807, 2.05) is 29.2 Å². The van der Waals surface area contributed by atoms with Crippen LogP contribution in [0.2, 0.25) is 0 Å². The minimum absolute atomic E-state index is 0.0477. The monoisotopic (exact) mass is 593 g/mol. The maximum Gasteiger partial charge on any atom is 0.416 e. The predicted molar refractivity (Wildman–Crippen MR) is 153 cm³/mol. The lowest BCUT2D eigenvalue weighted by Gasteiger charge is -2.41. The van der Waals surface area contributed by atoms with Crippen molar-refractivity contribution in [2.75, 3.05) is 19.6 Å². The van der Waals surface area contributed by atoms with E-state index in [4.69, 9.17) is 0 Å². The van der Waals surface area contributed by atoms with Gasteiger partial charge in [0.05, 0.1) is 17.7 Å². The number of rotatable bonds is 6. The molecule has 2 amide bonds. The van der Waals surface area contributed by atoms with Crippen LogP contribution >= 0.6 is 0 Å². The van der Waals surface area contributed by atoms with Gasteiger partial charge in [-0.1, -0.05) is 30.3 Å². The first-order chi connectivity index (χ1) is 20.6. The van der Waals surface area contributed by atoms with Gasteiger partial charge in [0.1, 0.15) is 0 Å². The summed E-state index contributed by atoms with van der Waals surface area (Å²) in [6, 6.07) is 14.4. The van der Waals surface area contributed by atoms with E-state index in [1.54, 1.807) is 18.5 Å². The van der Waals surface area contributed by atoms with Crippen LogP contribution in [-0.2, 0) is 16.6 Å². The Morgan fingerprint density at radius 3 is 2.33 bits per heavy atom. The molecule has 3 aliphatic rings. The Morgan fingerprint density at radius 1 is 0.930 bits per heavy atom. The average molecular weight is 594 g/mol. The first-order valence-electron chi connectivity index (χ1n) is 14.7. The molecule has 3 aromatic rings. The number of amides is 2. The molecule has 3 fully saturated rings. The highest BCUT2D eigenvalue weighted by Gasteiger charge is 2.48. The van der Waals surface area contributed by atoms with Crippen molar-refractivity contribution in [3.63, 3.8) is 0 Å². The number of nitrogens with one attached hydrogen (secondary N) is 1. The third-order valence-corrected chi connectivity index (χ3v) is 9.29. The number of benzene rings is 2. The van der Waals surface area contributed by atoms with Crippen molar-refractivity contribution in [1.29, 1.82) is 0 Å². The van der Waals surface area contributed by atoms with E-state index in [0.717, 1.165) is 55.5 Å². The molecule has 2 N–H and O–H groups in total. The van der Waals surface area contributed by atoms with Gasteiger partial charge in [-0.15, -0.1) is 0 Å². The van der Waals surface area contributed by atoms with Crippen molar-refractivity contribution >= 4 is 11.8 Å². The lowest BCUT2D eigenvalue weighted by atomic mass is 9.77. The van der Waals surface area contributed by atoms with Crippen molar-refractivity contribution in [2.45, 2.75) is 68.4 Å². The zero-order valence-electron chi connectivity index (χ0n) is 23.6. The van der Waals surface area contributed by atoms with Gasteiger partial charge in [0.2, 0.25) is 5.91 Å². The Hall–Kier alpha value is -3.83. The second-order valence-corrected chi connectivity index (χ2v) is 11.7. The minimum Gasteiger partial charge on any atom is -0.385 e. The number of hydrogen-bond donors (Lipinski definition) is 2. The van der Waals surface area contributed by atoms with Crippen LogP contribution in [0.1, 0.15) is 60.0 Å². The van der Waals surface area contributed by atoms with Gasteiger partial charge in [-0.25, -0.2) is 9.97 Å². The highest BCUT2D eigenvalue weighted by atomic mass is 19.4. The van der Waals surface area contributed by atoms with Gasteiger partial charge in [-0.05, 0) is 68.4 Å². The maximum atomic E-state index is 13.1. The standard InChI is InChI=1S/C32H34F3N5O3/c33-32(34,35)24-4-1-3-22(19-24)30(42)38-20-28(41)40-18-12-26-27(40)11-17-39(26)25-9-13-31(43,14-10-25)23-7-5-21(6-8-23)29-36-15-2-16-37-29/h1-8,15-16,19,25-27,43H,9-14,17-18,20H2,(H,38,42)/t25-,26?,27?,31+. The van der Waals surface area contributed by atoms with E-state index < -0.39 is 23.2 Å². The fourth-order valence-corrected chi connectivity index (χ4v) is 7.06. The van der Waals surface area contributed by atoms with Crippen molar-refractivity contribution in [2.24, 2.45) is 0 Å². The van der Waals surface area contributed by atoms with Crippen LogP contribution in [0.15, 0.2) is 67.0 Å². The molecule has 1 saturated carbocycles. The Labute approximate surface area is 247 Å². The number of aromatic nitrogens is 2. The Balaban J connectivity index is 1.01. The fraction of sp³-hybridized carbons (Fsp3) is 0.438. The van der Waals surface area contributed by atoms with Crippen LogP contribution in [0.3, 0.4) is 0 Å². The molecule has 6 rings (SSSR count). The summed E-state index contributed by atoms with van der Waals surface area (Å²) in [5.41, 5.74) is -0.124. The van der Waals surface area contributed by atoms with Gasteiger partial charge in [0.15, 0.2) is 5.82 Å². The van der Waals surface area contributed by atoms with Crippen molar-refractivity contribution < 1.29 is 27.9 Å². The summed E-state index contributed by atoms with van der Waals surface area (Å²) in [6.45, 7) is 1.19. The summed E-state index contributed by atoms with van der Waals surface area (Å²) in [5, 5.41) is 14.0. The average Bonchev–Trinajstić information content (AvgIpc) is 3.63. The zero-order valence-corrected chi connectivity index (χ0v) is 23.6. The smallest absolute Gasteiger partial charge is 0.385 e. The molecule has 0 radical (unpaired) electrons. The first-order valence-corrected chi connectivity index (χ1v) is 14.7. The third-order valence-electron chi connectivity index (χ3n) is 9.29. The highest BCUT2D eigenvalue weighted by molar-refractivity contribution is 5.96. The van der Waals surface area contributed by atoms with Crippen molar-refractivity contribution in [1.82, 2.24) is 25.1 Å². The molecule has 8 nitrogen and oxygen atoms in total. The number of likely N-dealkylation sites (tertiary alicyclic amines) is 2. The number of halogens is 3. The SMILES string of the molecule is O=C(NCC(=O)N1CCC2C1CCN2[C@H]1CC[C@](O)(c2ccc(-c3ncccn3)cc2)CC1)c1cccc(C(F)(F)F)c1. The van der Waals surface area contributed by atoms with Gasteiger partial charge >= 0.3 is 6.18 Å². The summed E-state index contributed by atoms with van der Waals surface area (Å²) < 4.78 is 39.0. The molecular weight excluding hydrogens is 559 g/mol. The summed E-state index contributed by atoms with van der Waals surface area (Å²) in [5.74, 6) is -0.284. The van der Waals surface area contributed by atoms with E-state index >= 15 is 0 Å². The Kier molecular flexibility index (Phi) is 7.95. The molecule has 0 bridgehead atoms. The largest absolute Gasteiger partial charge is 0.416 e. The molecule has 43 heavy (non-hydrogen) atoms. The summed E-state index contributed by atoms with van der Waals surface area (Å²) in [7, 11) is 0. The molecule has 0 spiro atoms. The fourth-order valence-electron chi connectivity index (χ4n) is 7.06. The summed E-state index contributed by atoms with van der Waals surface area (Å²) >= 11 is 0. The van der Waals surface area contributed by atoms with Gasteiger partial charge in [-0.3, -0.25) is 14.5 Å². The van der Waals surface area contributed by atoms with Crippen LogP contribution in [0.25, 0.3) is 11.4 Å². The number of aliphatic hydroxyl groups is 1. The number of alkyl halides is 3. The van der Waals surface area contributed by atoms with E-state index in [0.29, 0.717) is 31.3 Å². The van der Waals surface area contributed by atoms with Crippen molar-refractivity contribution in [3.05, 3.63) is 83.7 Å². The minimum atomic E-state index is -4.55. The van der Waals surface area contributed by atoms with Crippen LogP contribution in [0.4, 0.5) is 13.2 Å². The Bertz CT molecular complexity index is 1460. The second kappa shape index (κ2) is 11.7. The van der Waals surface area contributed by atoms with Crippen LogP contribution in [0.5, 0.6) is 0 Å². The molecule has 2 aliphatic heterocycles. The zero-order chi connectivity index (χ0) is 30.2. The third kappa shape index (κ3) is 6.01. The second-order valence-electron chi connectivity index (χ2n) is 11.7. The lowest BCUT2D eigenvalue weighted by molar-refractivity contribution is -0.137.